The highest BCUT2D eigenvalue weighted by Gasteiger charge is 2.21. The number of amides is 1. The van der Waals surface area contributed by atoms with Crippen molar-refractivity contribution in [3.63, 3.8) is 0 Å². The fraction of sp³-hybridized carbons (Fsp3) is 0.667. The van der Waals surface area contributed by atoms with E-state index in [-0.39, 0.29) is 19.3 Å². The summed E-state index contributed by atoms with van der Waals surface area (Å²) in [7, 11) is -3.53. The zero-order chi connectivity index (χ0) is 14.3. The minimum Gasteiger partial charge on any atom is -0.481 e. The molecule has 8 nitrogen and oxygen atoms in total. The molecular weight excluding hydrogens is 266 g/mol. The molecule has 0 unspecified atom stereocenters. The lowest BCUT2D eigenvalue weighted by Gasteiger charge is -2.13. The molecule has 0 spiro atoms. The monoisotopic (exact) mass is 281 g/mol. The molecule has 0 bridgehead atoms. The minimum atomic E-state index is -3.53. The van der Waals surface area contributed by atoms with Gasteiger partial charge < -0.3 is 15.5 Å². The third-order valence-corrected chi connectivity index (χ3v) is 2.70. The van der Waals surface area contributed by atoms with E-state index in [1.807, 2.05) is 5.32 Å². The average Bonchev–Trinajstić information content (AvgIpc) is 2.12. The first-order valence-electron chi connectivity index (χ1n) is 5.03. The van der Waals surface area contributed by atoms with E-state index >= 15 is 0 Å². The Bertz CT molecular complexity index is 428. The van der Waals surface area contributed by atoms with E-state index in [0.29, 0.717) is 0 Å². The summed E-state index contributed by atoms with van der Waals surface area (Å²) in [5, 5.41) is 19.2. The van der Waals surface area contributed by atoms with Gasteiger partial charge in [-0.15, -0.1) is 0 Å². The van der Waals surface area contributed by atoms with Crippen LogP contribution in [0.15, 0.2) is 0 Å². The third kappa shape index (κ3) is 8.50. The van der Waals surface area contributed by atoms with Crippen molar-refractivity contribution in [2.24, 2.45) is 0 Å². The van der Waals surface area contributed by atoms with Crippen LogP contribution in [0.3, 0.4) is 0 Å². The molecule has 0 aromatic carbocycles. The number of hydrogen-bond donors (Lipinski definition) is 3. The van der Waals surface area contributed by atoms with Crippen LogP contribution in [0.2, 0.25) is 0 Å². The minimum absolute atomic E-state index is 0.0723. The van der Waals surface area contributed by atoms with Crippen LogP contribution in [0, 0.1) is 0 Å². The molecule has 0 aromatic heterocycles. The van der Waals surface area contributed by atoms with Gasteiger partial charge in [0.1, 0.15) is 11.8 Å². The third-order valence-electron chi connectivity index (χ3n) is 1.91. The van der Waals surface area contributed by atoms with E-state index in [1.54, 1.807) is 0 Å². The topological polar surface area (TPSA) is 138 Å². The van der Waals surface area contributed by atoms with Gasteiger partial charge in [-0.1, -0.05) is 0 Å². The van der Waals surface area contributed by atoms with Crippen LogP contribution in [0.1, 0.15) is 19.3 Å². The first-order chi connectivity index (χ1) is 8.11. The van der Waals surface area contributed by atoms with Gasteiger partial charge in [0.05, 0.1) is 0 Å². The molecule has 3 N–H and O–H groups in total. The summed E-state index contributed by atoms with van der Waals surface area (Å²) in [6.45, 7) is 0. The normalized spacial score (nSPS) is 12.7. The van der Waals surface area contributed by atoms with Gasteiger partial charge in [-0.3, -0.25) is 9.59 Å². The molecule has 1 atom stereocenters. The first kappa shape index (κ1) is 16.4. The predicted octanol–water partition coefficient (Wildman–Crippen LogP) is -1.14. The van der Waals surface area contributed by atoms with E-state index in [4.69, 9.17) is 10.2 Å². The number of nitrogens with one attached hydrogen (secondary N) is 1. The summed E-state index contributed by atoms with van der Waals surface area (Å²) in [4.78, 5) is 32.2. The van der Waals surface area contributed by atoms with Gasteiger partial charge in [0.15, 0.2) is 9.84 Å². The number of hydrogen-bond acceptors (Lipinski definition) is 5. The molecule has 0 saturated carbocycles. The van der Waals surface area contributed by atoms with Crippen molar-refractivity contribution in [1.82, 2.24) is 5.32 Å². The quantitative estimate of drug-likeness (QED) is 0.511. The van der Waals surface area contributed by atoms with Gasteiger partial charge >= 0.3 is 11.9 Å². The number of carbonyl (C=O) groups excluding carboxylic acids is 1. The van der Waals surface area contributed by atoms with Crippen molar-refractivity contribution in [3.05, 3.63) is 0 Å². The molecule has 104 valence electrons. The molecular formula is C9H15NO7S. The summed E-state index contributed by atoms with van der Waals surface area (Å²) in [6, 6.07) is -1.28. The highest BCUT2D eigenvalue weighted by Crippen LogP contribution is 2.02. The lowest BCUT2D eigenvalue weighted by Crippen LogP contribution is -2.43. The maximum atomic E-state index is 11.2. The van der Waals surface area contributed by atoms with E-state index in [2.05, 4.69) is 0 Å². The second-order valence-electron chi connectivity index (χ2n) is 3.81. The van der Waals surface area contributed by atoms with Gasteiger partial charge in [0.2, 0.25) is 5.91 Å². The van der Waals surface area contributed by atoms with Gasteiger partial charge in [-0.2, -0.15) is 0 Å². The number of aliphatic carboxylic acids is 2. The Labute approximate surface area is 104 Å². The molecule has 0 saturated heterocycles. The van der Waals surface area contributed by atoms with Crippen LogP contribution in [0.4, 0.5) is 0 Å². The van der Waals surface area contributed by atoms with E-state index in [9.17, 15) is 22.8 Å². The number of carboxylic acid groups (broad SMARTS) is 2. The van der Waals surface area contributed by atoms with Crippen LogP contribution in [0.25, 0.3) is 0 Å². The summed E-state index contributed by atoms with van der Waals surface area (Å²) in [5.74, 6) is -4.11. The fourth-order valence-electron chi connectivity index (χ4n) is 1.19. The zero-order valence-electron chi connectivity index (χ0n) is 9.75. The zero-order valence-corrected chi connectivity index (χ0v) is 10.6. The SMILES string of the molecule is CS(=O)(=O)CC(=O)N[C@H](CCCC(=O)O)C(=O)O. The Kier molecular flexibility index (Phi) is 6.31. The van der Waals surface area contributed by atoms with Crippen molar-refractivity contribution < 1.29 is 33.0 Å². The smallest absolute Gasteiger partial charge is 0.326 e. The fourth-order valence-corrected chi connectivity index (χ4v) is 1.75. The molecule has 0 rings (SSSR count). The van der Waals surface area contributed by atoms with Gasteiger partial charge in [0.25, 0.3) is 0 Å². The number of sulfone groups is 1. The predicted molar refractivity (Wildman–Crippen MR) is 60.8 cm³/mol. The summed E-state index contributed by atoms with van der Waals surface area (Å²) in [5.41, 5.74) is 0. The standard InChI is InChI=1S/C9H15NO7S/c1-18(16,17)5-7(11)10-6(9(14)15)3-2-4-8(12)13/h6H,2-5H2,1H3,(H,10,11)(H,12,13)(H,14,15)/t6-/m1/s1. The molecule has 0 heterocycles. The molecule has 18 heavy (non-hydrogen) atoms. The molecule has 0 aliphatic rings. The average molecular weight is 281 g/mol. The van der Waals surface area contributed by atoms with Crippen molar-refractivity contribution in [2.45, 2.75) is 25.3 Å². The highest BCUT2D eigenvalue weighted by atomic mass is 32.2. The van der Waals surface area contributed by atoms with E-state index < -0.39 is 39.5 Å². The summed E-state index contributed by atoms with van der Waals surface area (Å²) < 4.78 is 21.6. The van der Waals surface area contributed by atoms with Crippen molar-refractivity contribution in [1.29, 1.82) is 0 Å². The van der Waals surface area contributed by atoms with Gasteiger partial charge in [-0.25, -0.2) is 13.2 Å². The van der Waals surface area contributed by atoms with Gasteiger partial charge in [0, 0.05) is 12.7 Å². The van der Waals surface area contributed by atoms with E-state index in [0.717, 1.165) is 6.26 Å². The maximum absolute atomic E-state index is 11.2. The maximum Gasteiger partial charge on any atom is 0.326 e. The van der Waals surface area contributed by atoms with Crippen LogP contribution >= 0.6 is 0 Å². The van der Waals surface area contributed by atoms with Crippen molar-refractivity contribution in [2.75, 3.05) is 12.0 Å². The Morgan fingerprint density at radius 3 is 2.17 bits per heavy atom. The van der Waals surface area contributed by atoms with Gasteiger partial charge in [-0.05, 0) is 12.8 Å². The van der Waals surface area contributed by atoms with Crippen molar-refractivity contribution >= 4 is 27.7 Å². The Hall–Kier alpha value is -1.64. The second kappa shape index (κ2) is 6.94. The summed E-state index contributed by atoms with van der Waals surface area (Å²) in [6.07, 6.45) is 0.640. The first-order valence-corrected chi connectivity index (χ1v) is 7.09. The van der Waals surface area contributed by atoms with Crippen LogP contribution < -0.4 is 5.32 Å². The van der Waals surface area contributed by atoms with Crippen molar-refractivity contribution in [3.8, 4) is 0 Å². The van der Waals surface area contributed by atoms with E-state index in [1.165, 1.54) is 0 Å². The molecule has 0 aromatic rings. The number of carbonyl (C=O) groups is 3. The largest absolute Gasteiger partial charge is 0.481 e. The Balaban J connectivity index is 4.32. The Morgan fingerprint density at radius 1 is 1.22 bits per heavy atom. The van der Waals surface area contributed by atoms with Crippen LogP contribution in [-0.2, 0) is 24.2 Å². The molecule has 0 fully saturated rings. The molecule has 0 radical (unpaired) electrons. The molecule has 0 aliphatic heterocycles. The molecule has 1 amide bonds. The lowest BCUT2D eigenvalue weighted by molar-refractivity contribution is -0.142. The number of carboxylic acids is 2. The Morgan fingerprint density at radius 2 is 1.78 bits per heavy atom. The lowest BCUT2D eigenvalue weighted by atomic mass is 10.1. The summed E-state index contributed by atoms with van der Waals surface area (Å²) >= 11 is 0. The highest BCUT2D eigenvalue weighted by molar-refractivity contribution is 7.91. The second-order valence-corrected chi connectivity index (χ2v) is 5.95. The molecule has 0 aliphatic carbocycles. The molecule has 9 heteroatoms. The number of rotatable bonds is 8. The van der Waals surface area contributed by atoms with Crippen LogP contribution in [0.5, 0.6) is 0 Å². The van der Waals surface area contributed by atoms with Crippen LogP contribution in [-0.4, -0.2) is 54.5 Å².